The first-order valence-electron chi connectivity index (χ1n) is 5.01. The Bertz CT molecular complexity index is 448. The van der Waals surface area contributed by atoms with Gasteiger partial charge in [-0.15, -0.1) is 0 Å². The Morgan fingerprint density at radius 1 is 1.13 bits per heavy atom. The van der Waals surface area contributed by atoms with E-state index in [2.05, 4.69) is 18.0 Å². The van der Waals surface area contributed by atoms with Gasteiger partial charge in [0, 0.05) is 22.5 Å². The highest BCUT2D eigenvalue weighted by Gasteiger charge is 2.03. The molecule has 2 aromatic rings. The molecule has 15 heavy (non-hydrogen) atoms. The fourth-order valence-corrected chi connectivity index (χ4v) is 1.74. The van der Waals surface area contributed by atoms with Gasteiger partial charge in [0.25, 0.3) is 0 Å². The average Bonchev–Trinajstić information content (AvgIpc) is 2.30. The summed E-state index contributed by atoms with van der Waals surface area (Å²) in [6.45, 7) is 2.11. The van der Waals surface area contributed by atoms with E-state index in [9.17, 15) is 0 Å². The highest BCUT2D eigenvalue weighted by atomic mass is 35.5. The maximum atomic E-state index is 5.86. The SMILES string of the molecule is CCc1ncccc1-c1ccc(Cl)cc1. The third-order valence-corrected chi connectivity index (χ3v) is 2.63. The number of pyridine rings is 1. The molecule has 1 heterocycles. The number of hydrogen-bond acceptors (Lipinski definition) is 1. The van der Waals surface area contributed by atoms with E-state index in [1.165, 1.54) is 11.1 Å². The van der Waals surface area contributed by atoms with E-state index in [4.69, 9.17) is 11.6 Å². The molecule has 0 radical (unpaired) electrons. The highest BCUT2D eigenvalue weighted by molar-refractivity contribution is 6.30. The van der Waals surface area contributed by atoms with Gasteiger partial charge in [-0.05, 0) is 30.2 Å². The Balaban J connectivity index is 2.49. The maximum absolute atomic E-state index is 5.86. The van der Waals surface area contributed by atoms with E-state index in [1.54, 1.807) is 0 Å². The summed E-state index contributed by atoms with van der Waals surface area (Å²) in [5.41, 5.74) is 3.49. The molecule has 0 saturated heterocycles. The van der Waals surface area contributed by atoms with Crippen LogP contribution in [0.1, 0.15) is 12.6 Å². The van der Waals surface area contributed by atoms with Crippen LogP contribution in [0, 0.1) is 0 Å². The molecule has 0 bridgehead atoms. The van der Waals surface area contributed by atoms with Crippen molar-refractivity contribution in [3.8, 4) is 11.1 Å². The van der Waals surface area contributed by atoms with Gasteiger partial charge in [0.2, 0.25) is 0 Å². The van der Waals surface area contributed by atoms with Crippen LogP contribution in [0.2, 0.25) is 5.02 Å². The average molecular weight is 218 g/mol. The zero-order valence-corrected chi connectivity index (χ0v) is 9.33. The van der Waals surface area contributed by atoms with Crippen molar-refractivity contribution >= 4 is 11.6 Å². The van der Waals surface area contributed by atoms with Gasteiger partial charge in [-0.2, -0.15) is 0 Å². The monoisotopic (exact) mass is 217 g/mol. The lowest BCUT2D eigenvalue weighted by Crippen LogP contribution is -1.90. The van der Waals surface area contributed by atoms with E-state index in [-0.39, 0.29) is 0 Å². The molecule has 1 aromatic heterocycles. The third kappa shape index (κ3) is 2.18. The number of aryl methyl sites for hydroxylation is 1. The zero-order valence-electron chi connectivity index (χ0n) is 8.57. The lowest BCUT2D eigenvalue weighted by molar-refractivity contribution is 1.04. The van der Waals surface area contributed by atoms with Crippen LogP contribution in [0.15, 0.2) is 42.6 Å². The van der Waals surface area contributed by atoms with Crippen molar-refractivity contribution < 1.29 is 0 Å². The maximum Gasteiger partial charge on any atom is 0.0479 e. The lowest BCUT2D eigenvalue weighted by Gasteiger charge is -2.06. The van der Waals surface area contributed by atoms with Crippen LogP contribution >= 0.6 is 11.6 Å². The van der Waals surface area contributed by atoms with Crippen LogP contribution in [-0.2, 0) is 6.42 Å². The van der Waals surface area contributed by atoms with Crippen LogP contribution in [0.5, 0.6) is 0 Å². The van der Waals surface area contributed by atoms with E-state index in [0.717, 1.165) is 17.1 Å². The zero-order chi connectivity index (χ0) is 10.7. The van der Waals surface area contributed by atoms with Crippen molar-refractivity contribution in [2.24, 2.45) is 0 Å². The minimum Gasteiger partial charge on any atom is -0.261 e. The van der Waals surface area contributed by atoms with Gasteiger partial charge < -0.3 is 0 Å². The first kappa shape index (κ1) is 10.2. The molecule has 0 N–H and O–H groups in total. The molecule has 1 aromatic carbocycles. The van der Waals surface area contributed by atoms with Crippen molar-refractivity contribution in [3.05, 3.63) is 53.3 Å². The normalized spacial score (nSPS) is 10.3. The molecular weight excluding hydrogens is 206 g/mol. The topological polar surface area (TPSA) is 12.9 Å². The molecule has 0 unspecified atom stereocenters. The van der Waals surface area contributed by atoms with Crippen molar-refractivity contribution in [2.45, 2.75) is 13.3 Å². The van der Waals surface area contributed by atoms with Crippen molar-refractivity contribution in [1.29, 1.82) is 0 Å². The molecule has 0 aliphatic heterocycles. The molecule has 2 rings (SSSR count). The summed E-state index contributed by atoms with van der Waals surface area (Å²) in [4.78, 5) is 4.36. The molecule has 0 spiro atoms. The van der Waals surface area contributed by atoms with Crippen LogP contribution in [0.4, 0.5) is 0 Å². The fourth-order valence-electron chi connectivity index (χ4n) is 1.61. The van der Waals surface area contributed by atoms with Crippen molar-refractivity contribution in [1.82, 2.24) is 4.98 Å². The Kier molecular flexibility index (Phi) is 3.02. The van der Waals surface area contributed by atoms with Crippen LogP contribution in [-0.4, -0.2) is 4.98 Å². The second-order valence-corrected chi connectivity index (χ2v) is 3.79. The first-order chi connectivity index (χ1) is 7.31. The van der Waals surface area contributed by atoms with Crippen molar-refractivity contribution in [2.75, 3.05) is 0 Å². The van der Waals surface area contributed by atoms with E-state index >= 15 is 0 Å². The van der Waals surface area contributed by atoms with Crippen LogP contribution < -0.4 is 0 Å². The summed E-state index contributed by atoms with van der Waals surface area (Å²) >= 11 is 5.86. The van der Waals surface area contributed by atoms with Gasteiger partial charge in [0.1, 0.15) is 0 Å². The van der Waals surface area contributed by atoms with Crippen LogP contribution in [0.3, 0.4) is 0 Å². The number of aromatic nitrogens is 1. The summed E-state index contributed by atoms with van der Waals surface area (Å²) in [7, 11) is 0. The number of halogens is 1. The summed E-state index contributed by atoms with van der Waals surface area (Å²) in [5, 5.41) is 0.765. The summed E-state index contributed by atoms with van der Waals surface area (Å²) in [5.74, 6) is 0. The van der Waals surface area contributed by atoms with Crippen molar-refractivity contribution in [3.63, 3.8) is 0 Å². The number of rotatable bonds is 2. The van der Waals surface area contributed by atoms with Gasteiger partial charge >= 0.3 is 0 Å². The Morgan fingerprint density at radius 2 is 1.87 bits per heavy atom. The van der Waals surface area contributed by atoms with E-state index in [1.807, 2.05) is 36.5 Å². The third-order valence-electron chi connectivity index (χ3n) is 2.38. The minimum absolute atomic E-state index is 0.765. The van der Waals surface area contributed by atoms with Gasteiger partial charge in [0.15, 0.2) is 0 Å². The smallest absolute Gasteiger partial charge is 0.0479 e. The second-order valence-electron chi connectivity index (χ2n) is 3.36. The van der Waals surface area contributed by atoms with E-state index in [0.29, 0.717) is 0 Å². The summed E-state index contributed by atoms with van der Waals surface area (Å²) in [6, 6.07) is 11.9. The molecule has 0 saturated carbocycles. The molecule has 0 atom stereocenters. The minimum atomic E-state index is 0.765. The standard InChI is InChI=1S/C13H12ClN/c1-2-13-12(4-3-9-15-13)10-5-7-11(14)8-6-10/h3-9H,2H2,1H3. The molecule has 0 fully saturated rings. The molecular formula is C13H12ClN. The second kappa shape index (κ2) is 4.45. The van der Waals surface area contributed by atoms with Crippen LogP contribution in [0.25, 0.3) is 11.1 Å². The number of benzene rings is 1. The molecule has 76 valence electrons. The van der Waals surface area contributed by atoms with Gasteiger partial charge in [-0.1, -0.05) is 36.7 Å². The summed E-state index contributed by atoms with van der Waals surface area (Å²) < 4.78 is 0. The Morgan fingerprint density at radius 3 is 2.53 bits per heavy atom. The Labute approximate surface area is 94.7 Å². The summed E-state index contributed by atoms with van der Waals surface area (Å²) in [6.07, 6.45) is 2.77. The molecule has 2 heteroatoms. The van der Waals surface area contributed by atoms with Gasteiger partial charge in [-0.3, -0.25) is 4.98 Å². The Hall–Kier alpha value is -1.34. The highest BCUT2D eigenvalue weighted by Crippen LogP contribution is 2.23. The lowest BCUT2D eigenvalue weighted by atomic mass is 10.0. The largest absolute Gasteiger partial charge is 0.261 e. The predicted molar refractivity (Wildman–Crippen MR) is 64.1 cm³/mol. The fraction of sp³-hybridized carbons (Fsp3) is 0.154. The quantitative estimate of drug-likeness (QED) is 0.742. The number of nitrogens with zero attached hydrogens (tertiary/aromatic N) is 1. The van der Waals surface area contributed by atoms with Gasteiger partial charge in [-0.25, -0.2) is 0 Å². The van der Waals surface area contributed by atoms with E-state index < -0.39 is 0 Å². The first-order valence-corrected chi connectivity index (χ1v) is 5.39. The molecule has 0 aliphatic rings. The number of hydrogen-bond donors (Lipinski definition) is 0. The predicted octanol–water partition coefficient (Wildman–Crippen LogP) is 3.96. The molecule has 1 nitrogen and oxygen atoms in total. The molecule has 0 amide bonds. The van der Waals surface area contributed by atoms with Gasteiger partial charge in [0.05, 0.1) is 0 Å². The molecule has 0 aliphatic carbocycles.